The van der Waals surface area contributed by atoms with E-state index in [0.29, 0.717) is 29.1 Å². The van der Waals surface area contributed by atoms with E-state index in [9.17, 15) is 23.1 Å². The summed E-state index contributed by atoms with van der Waals surface area (Å²) in [4.78, 5) is 15.4. The maximum absolute atomic E-state index is 12.4. The minimum atomic E-state index is -4.90. The van der Waals surface area contributed by atoms with Crippen LogP contribution in [0.5, 0.6) is 5.75 Å². The van der Waals surface area contributed by atoms with E-state index in [0.717, 1.165) is 0 Å². The molecular formula is C14H11F3N2O2S. The third kappa shape index (κ3) is 2.78. The lowest BCUT2D eigenvalue weighted by Gasteiger charge is -2.16. The first-order valence-electron chi connectivity index (χ1n) is 6.45. The quantitative estimate of drug-likeness (QED) is 0.910. The Balaban J connectivity index is 1.83. The zero-order valence-electron chi connectivity index (χ0n) is 11.1. The van der Waals surface area contributed by atoms with Crippen molar-refractivity contribution < 1.29 is 23.1 Å². The third-order valence-corrected chi connectivity index (χ3v) is 4.34. The van der Waals surface area contributed by atoms with Crippen molar-refractivity contribution in [1.29, 1.82) is 0 Å². The Hall–Kier alpha value is -2.09. The van der Waals surface area contributed by atoms with E-state index in [1.54, 1.807) is 17.5 Å². The van der Waals surface area contributed by atoms with Gasteiger partial charge in [-0.15, -0.1) is 11.3 Å². The van der Waals surface area contributed by atoms with Crippen LogP contribution in [0.2, 0.25) is 0 Å². The number of rotatable bonds is 3. The molecule has 4 nitrogen and oxygen atoms in total. The van der Waals surface area contributed by atoms with Crippen LogP contribution in [0.1, 0.15) is 18.5 Å². The van der Waals surface area contributed by atoms with Gasteiger partial charge in [-0.05, 0) is 25.0 Å². The molecular weight excluding hydrogens is 317 g/mol. The predicted molar refractivity (Wildman–Crippen MR) is 74.3 cm³/mol. The van der Waals surface area contributed by atoms with Crippen LogP contribution in [-0.2, 0) is 10.3 Å². The van der Waals surface area contributed by atoms with Crippen molar-refractivity contribution in [1.82, 2.24) is 10.3 Å². The Morgan fingerprint density at radius 3 is 2.68 bits per heavy atom. The van der Waals surface area contributed by atoms with Crippen LogP contribution in [0.15, 0.2) is 29.6 Å². The second-order valence-corrected chi connectivity index (χ2v) is 5.98. The molecule has 8 heteroatoms. The van der Waals surface area contributed by atoms with Crippen molar-refractivity contribution in [2.45, 2.75) is 24.6 Å². The minimum absolute atomic E-state index is 0.0840. The molecule has 1 amide bonds. The first-order chi connectivity index (χ1) is 10.3. The highest BCUT2D eigenvalue weighted by molar-refractivity contribution is 7.13. The van der Waals surface area contributed by atoms with Crippen LogP contribution in [-0.4, -0.2) is 22.2 Å². The molecule has 0 saturated heterocycles. The molecule has 116 valence electrons. The van der Waals surface area contributed by atoms with Gasteiger partial charge in [0.15, 0.2) is 0 Å². The first-order valence-corrected chi connectivity index (χ1v) is 7.33. The molecule has 0 radical (unpaired) electrons. The maximum Gasteiger partial charge on any atom is 0.471 e. The van der Waals surface area contributed by atoms with Crippen LogP contribution in [0.25, 0.3) is 10.6 Å². The number of alkyl halides is 3. The second-order valence-electron chi connectivity index (χ2n) is 5.12. The summed E-state index contributed by atoms with van der Waals surface area (Å²) in [5, 5.41) is 13.7. The van der Waals surface area contributed by atoms with Gasteiger partial charge in [-0.3, -0.25) is 4.79 Å². The van der Waals surface area contributed by atoms with Gasteiger partial charge >= 0.3 is 12.1 Å². The van der Waals surface area contributed by atoms with Gasteiger partial charge in [-0.25, -0.2) is 4.98 Å². The highest BCUT2D eigenvalue weighted by Crippen LogP contribution is 2.47. The lowest BCUT2D eigenvalue weighted by atomic mass is 10.2. The summed E-state index contributed by atoms with van der Waals surface area (Å²) in [7, 11) is 0. The topological polar surface area (TPSA) is 62.2 Å². The molecule has 1 aromatic carbocycles. The van der Waals surface area contributed by atoms with Gasteiger partial charge in [0.1, 0.15) is 10.8 Å². The third-order valence-electron chi connectivity index (χ3n) is 3.45. The van der Waals surface area contributed by atoms with Crippen LogP contribution >= 0.6 is 11.3 Å². The fourth-order valence-corrected chi connectivity index (χ4v) is 3.04. The van der Waals surface area contributed by atoms with E-state index in [2.05, 4.69) is 4.98 Å². The Kier molecular flexibility index (Phi) is 3.36. The van der Waals surface area contributed by atoms with Crippen LogP contribution in [0, 0.1) is 0 Å². The molecule has 0 bridgehead atoms. The minimum Gasteiger partial charge on any atom is -0.508 e. The number of halogens is 3. The molecule has 1 aromatic heterocycles. The molecule has 2 aromatic rings. The number of carbonyl (C=O) groups excluding carboxylic acids is 1. The fraction of sp³-hybridized carbons (Fsp3) is 0.286. The van der Waals surface area contributed by atoms with Crippen molar-refractivity contribution in [3.05, 3.63) is 35.3 Å². The molecule has 3 rings (SSSR count). The number of hydrogen-bond acceptors (Lipinski definition) is 4. The Bertz CT molecular complexity index is 723. The number of amides is 1. The van der Waals surface area contributed by atoms with E-state index >= 15 is 0 Å². The summed E-state index contributed by atoms with van der Waals surface area (Å²) in [6, 6.07) is 6.45. The predicted octanol–water partition coefficient (Wildman–Crippen LogP) is 3.18. The zero-order valence-corrected chi connectivity index (χ0v) is 12.0. The van der Waals surface area contributed by atoms with Crippen LogP contribution < -0.4 is 5.32 Å². The summed E-state index contributed by atoms with van der Waals surface area (Å²) >= 11 is 1.26. The van der Waals surface area contributed by atoms with Gasteiger partial charge in [-0.2, -0.15) is 13.2 Å². The zero-order chi connectivity index (χ0) is 16.0. The van der Waals surface area contributed by atoms with Crippen molar-refractivity contribution in [2.24, 2.45) is 0 Å². The SMILES string of the molecule is O=C(NC1(c2csc(-c3cccc(O)c3)n2)CC1)C(F)(F)F. The number of thiazole rings is 1. The molecule has 1 aliphatic carbocycles. The summed E-state index contributed by atoms with van der Waals surface area (Å²) < 4.78 is 37.1. The second kappa shape index (κ2) is 4.98. The van der Waals surface area contributed by atoms with Crippen molar-refractivity contribution in [3.8, 4) is 16.3 Å². The highest BCUT2D eigenvalue weighted by atomic mass is 32.1. The van der Waals surface area contributed by atoms with Crippen molar-refractivity contribution in [2.75, 3.05) is 0 Å². The summed E-state index contributed by atoms with van der Waals surface area (Å²) in [6.45, 7) is 0. The van der Waals surface area contributed by atoms with Gasteiger partial charge in [-0.1, -0.05) is 12.1 Å². The lowest BCUT2D eigenvalue weighted by molar-refractivity contribution is -0.174. The molecule has 22 heavy (non-hydrogen) atoms. The van der Waals surface area contributed by atoms with Gasteiger partial charge in [0.25, 0.3) is 0 Å². The van der Waals surface area contributed by atoms with E-state index in [1.807, 2.05) is 5.32 Å². The molecule has 0 aliphatic heterocycles. The number of carbonyl (C=O) groups is 1. The molecule has 0 unspecified atom stereocenters. The molecule has 1 heterocycles. The molecule has 1 saturated carbocycles. The average molecular weight is 328 g/mol. The number of nitrogens with one attached hydrogen (secondary N) is 1. The van der Waals surface area contributed by atoms with Crippen molar-refractivity contribution >= 4 is 17.2 Å². The molecule has 2 N–H and O–H groups in total. The largest absolute Gasteiger partial charge is 0.508 e. The van der Waals surface area contributed by atoms with E-state index in [-0.39, 0.29) is 5.75 Å². The van der Waals surface area contributed by atoms with Gasteiger partial charge in [0, 0.05) is 10.9 Å². The smallest absolute Gasteiger partial charge is 0.471 e. The number of nitrogens with zero attached hydrogens (tertiary/aromatic N) is 1. The van der Waals surface area contributed by atoms with E-state index < -0.39 is 17.6 Å². The maximum atomic E-state index is 12.4. The Morgan fingerprint density at radius 2 is 2.09 bits per heavy atom. The monoisotopic (exact) mass is 328 g/mol. The normalized spacial score (nSPS) is 16.3. The van der Waals surface area contributed by atoms with E-state index in [1.165, 1.54) is 23.5 Å². The molecule has 0 atom stereocenters. The number of phenols is 1. The Labute approximate surface area is 127 Å². The molecule has 1 aliphatic rings. The fourth-order valence-electron chi connectivity index (χ4n) is 2.12. The lowest BCUT2D eigenvalue weighted by Crippen LogP contribution is -2.43. The number of aromatic hydroxyl groups is 1. The number of phenolic OH excluding ortho intramolecular Hbond substituents is 1. The standard InChI is InChI=1S/C14H11F3N2O2S/c15-14(16,17)12(21)19-13(4-5-13)10-7-22-11(18-10)8-2-1-3-9(20)6-8/h1-3,6-7,20H,4-5H2,(H,19,21). The highest BCUT2D eigenvalue weighted by Gasteiger charge is 2.52. The van der Waals surface area contributed by atoms with Crippen LogP contribution in [0.4, 0.5) is 13.2 Å². The van der Waals surface area contributed by atoms with Gasteiger partial charge in [0.05, 0.1) is 11.2 Å². The summed E-state index contributed by atoms with van der Waals surface area (Å²) in [5.41, 5.74) is 0.0840. The Morgan fingerprint density at radius 1 is 1.36 bits per heavy atom. The van der Waals surface area contributed by atoms with Crippen LogP contribution in [0.3, 0.4) is 0 Å². The molecule has 1 fully saturated rings. The van der Waals surface area contributed by atoms with Gasteiger partial charge in [0.2, 0.25) is 0 Å². The summed E-state index contributed by atoms with van der Waals surface area (Å²) in [6.07, 6.45) is -4.05. The van der Waals surface area contributed by atoms with E-state index in [4.69, 9.17) is 0 Å². The van der Waals surface area contributed by atoms with Crippen molar-refractivity contribution in [3.63, 3.8) is 0 Å². The number of benzene rings is 1. The molecule has 0 spiro atoms. The number of hydrogen-bond donors (Lipinski definition) is 2. The average Bonchev–Trinajstić information content (AvgIpc) is 3.04. The van der Waals surface area contributed by atoms with Gasteiger partial charge < -0.3 is 10.4 Å². The number of aromatic nitrogens is 1. The first kappa shape index (κ1) is 14.8. The summed E-state index contributed by atoms with van der Waals surface area (Å²) in [5.74, 6) is -1.86.